The number of benzene rings is 4. The predicted molar refractivity (Wildman–Crippen MR) is 140 cm³/mol. The predicted octanol–water partition coefficient (Wildman–Crippen LogP) is 7.29. The molecule has 0 aliphatic carbocycles. The first-order chi connectivity index (χ1) is 16.6. The van der Waals surface area contributed by atoms with Gasteiger partial charge in [-0.15, -0.1) is 0 Å². The van der Waals surface area contributed by atoms with Crippen molar-refractivity contribution in [2.75, 3.05) is 5.32 Å². The van der Waals surface area contributed by atoms with Crippen molar-refractivity contribution in [2.24, 2.45) is 0 Å². The minimum absolute atomic E-state index is 0.0240. The van der Waals surface area contributed by atoms with Crippen LogP contribution < -0.4 is 10.1 Å². The highest BCUT2D eigenvalue weighted by atomic mass is 79.9. The highest BCUT2D eigenvalue weighted by Gasteiger charge is 2.11. The van der Waals surface area contributed by atoms with Crippen molar-refractivity contribution in [1.82, 2.24) is 0 Å². The molecule has 0 saturated heterocycles. The van der Waals surface area contributed by atoms with Crippen LogP contribution in [0.2, 0.25) is 0 Å². The summed E-state index contributed by atoms with van der Waals surface area (Å²) in [5.74, 6) is 0.239. The van der Waals surface area contributed by atoms with Crippen molar-refractivity contribution >= 4 is 44.4 Å². The van der Waals surface area contributed by atoms with E-state index in [1.807, 2.05) is 66.7 Å². The van der Waals surface area contributed by atoms with Gasteiger partial charge in [0.05, 0.1) is 4.47 Å². The van der Waals surface area contributed by atoms with Crippen LogP contribution in [0.15, 0.2) is 95.0 Å². The fourth-order valence-corrected chi connectivity index (χ4v) is 4.15. The van der Waals surface area contributed by atoms with Gasteiger partial charge in [0, 0.05) is 5.69 Å². The number of anilines is 1. The molecule has 0 bridgehead atoms. The molecule has 0 aliphatic heterocycles. The van der Waals surface area contributed by atoms with E-state index in [0.717, 1.165) is 27.4 Å². The van der Waals surface area contributed by atoms with Crippen molar-refractivity contribution in [3.05, 3.63) is 112 Å². The van der Waals surface area contributed by atoms with Crippen LogP contribution in [0.1, 0.15) is 23.6 Å². The maximum absolute atomic E-state index is 12.6. The summed E-state index contributed by atoms with van der Waals surface area (Å²) in [5.41, 5.74) is 3.68. The van der Waals surface area contributed by atoms with E-state index in [9.17, 15) is 10.1 Å². The molecule has 1 N–H and O–H groups in total. The van der Waals surface area contributed by atoms with Crippen molar-refractivity contribution in [1.29, 1.82) is 5.26 Å². The molecule has 4 aromatic carbocycles. The van der Waals surface area contributed by atoms with E-state index < -0.39 is 5.91 Å². The van der Waals surface area contributed by atoms with Gasteiger partial charge in [0.15, 0.2) is 0 Å². The van der Waals surface area contributed by atoms with Crippen LogP contribution in [0, 0.1) is 11.3 Å². The first-order valence-corrected chi connectivity index (χ1v) is 11.8. The number of nitrogens with one attached hydrogen (secondary N) is 1. The monoisotopic (exact) mass is 510 g/mol. The number of rotatable bonds is 7. The third-order valence-electron chi connectivity index (χ3n) is 5.52. The summed E-state index contributed by atoms with van der Waals surface area (Å²) in [6.07, 6.45) is 2.49. The maximum atomic E-state index is 12.6. The van der Waals surface area contributed by atoms with Crippen LogP contribution in [0.3, 0.4) is 0 Å². The molecule has 34 heavy (non-hydrogen) atoms. The van der Waals surface area contributed by atoms with Gasteiger partial charge >= 0.3 is 0 Å². The number of fused-ring (bicyclic) bond motifs is 1. The number of ether oxygens (including phenoxy) is 1. The van der Waals surface area contributed by atoms with Gasteiger partial charge in [0.1, 0.15) is 24.0 Å². The molecule has 0 spiro atoms. The highest BCUT2D eigenvalue weighted by Crippen LogP contribution is 2.29. The molecule has 1 amide bonds. The zero-order valence-corrected chi connectivity index (χ0v) is 20.3. The Bertz CT molecular complexity index is 1400. The third-order valence-corrected chi connectivity index (χ3v) is 6.13. The highest BCUT2D eigenvalue weighted by molar-refractivity contribution is 9.10. The lowest BCUT2D eigenvalue weighted by atomic mass is 10.1. The zero-order valence-electron chi connectivity index (χ0n) is 18.7. The second kappa shape index (κ2) is 10.8. The number of amides is 1. The molecule has 4 nitrogen and oxygen atoms in total. The van der Waals surface area contributed by atoms with Crippen LogP contribution in [-0.4, -0.2) is 5.91 Å². The quantitative estimate of drug-likeness (QED) is 0.209. The summed E-state index contributed by atoms with van der Waals surface area (Å²) in [5, 5.41) is 14.6. The second-order valence-electron chi connectivity index (χ2n) is 7.79. The van der Waals surface area contributed by atoms with Crippen LogP contribution in [0.4, 0.5) is 5.69 Å². The van der Waals surface area contributed by atoms with E-state index in [2.05, 4.69) is 52.4 Å². The van der Waals surface area contributed by atoms with E-state index in [1.165, 1.54) is 10.9 Å². The number of carbonyl (C=O) groups excluding carboxylic acids is 1. The average molecular weight is 511 g/mol. The number of carbonyl (C=O) groups is 1. The van der Waals surface area contributed by atoms with Gasteiger partial charge in [-0.2, -0.15) is 5.26 Å². The first-order valence-electron chi connectivity index (χ1n) is 11.0. The minimum Gasteiger partial charge on any atom is -0.488 e. The summed E-state index contributed by atoms with van der Waals surface area (Å²) in [6.45, 7) is 2.50. The Kier molecular flexibility index (Phi) is 7.41. The van der Waals surface area contributed by atoms with E-state index in [1.54, 1.807) is 6.08 Å². The van der Waals surface area contributed by atoms with Gasteiger partial charge in [-0.25, -0.2) is 0 Å². The standard InChI is InChI=1S/C29H23BrN2O2/c1-2-20-10-13-25(14-11-20)32-29(33)24(18-31)16-21-12-15-28(27(30)17-21)34-19-23-8-5-7-22-6-3-4-9-26(22)23/h3-17H,2,19H2,1H3,(H,32,33). The fourth-order valence-electron chi connectivity index (χ4n) is 3.64. The zero-order chi connectivity index (χ0) is 23.9. The van der Waals surface area contributed by atoms with Crippen molar-refractivity contribution in [3.63, 3.8) is 0 Å². The smallest absolute Gasteiger partial charge is 0.266 e. The lowest BCUT2D eigenvalue weighted by molar-refractivity contribution is -0.112. The molecule has 4 aromatic rings. The van der Waals surface area contributed by atoms with Gasteiger partial charge in [-0.05, 0) is 80.2 Å². The van der Waals surface area contributed by atoms with Gasteiger partial charge in [0.25, 0.3) is 5.91 Å². The van der Waals surface area contributed by atoms with Gasteiger partial charge in [-0.1, -0.05) is 67.6 Å². The number of hydrogen-bond acceptors (Lipinski definition) is 3. The number of nitriles is 1. The lowest BCUT2D eigenvalue weighted by Crippen LogP contribution is -2.13. The SMILES string of the molecule is CCc1ccc(NC(=O)C(C#N)=Cc2ccc(OCc3cccc4ccccc34)c(Br)c2)cc1. The number of halogens is 1. The van der Waals surface area contributed by atoms with E-state index in [-0.39, 0.29) is 5.57 Å². The Labute approximate surface area is 207 Å². The van der Waals surface area contributed by atoms with E-state index >= 15 is 0 Å². The summed E-state index contributed by atoms with van der Waals surface area (Å²) >= 11 is 3.55. The molecule has 5 heteroatoms. The summed E-state index contributed by atoms with van der Waals surface area (Å²) in [4.78, 5) is 12.6. The molecule has 0 fully saturated rings. The minimum atomic E-state index is -0.445. The molecule has 0 radical (unpaired) electrons. The number of nitrogens with zero attached hydrogens (tertiary/aromatic N) is 1. The molecular formula is C29H23BrN2O2. The normalized spacial score (nSPS) is 11.1. The first kappa shape index (κ1) is 23.3. The number of aryl methyl sites for hydroxylation is 1. The maximum Gasteiger partial charge on any atom is 0.266 e. The topological polar surface area (TPSA) is 62.1 Å². The van der Waals surface area contributed by atoms with Crippen molar-refractivity contribution < 1.29 is 9.53 Å². The Morgan fingerprint density at radius 3 is 2.53 bits per heavy atom. The number of hydrogen-bond donors (Lipinski definition) is 1. The molecule has 0 atom stereocenters. The third kappa shape index (κ3) is 5.54. The molecule has 0 heterocycles. The summed E-state index contributed by atoms with van der Waals surface area (Å²) in [6, 6.07) is 29.4. The Morgan fingerprint density at radius 2 is 1.79 bits per heavy atom. The molecule has 168 valence electrons. The van der Waals surface area contributed by atoms with Crippen LogP contribution in [-0.2, 0) is 17.8 Å². The average Bonchev–Trinajstić information content (AvgIpc) is 2.87. The Balaban J connectivity index is 1.46. The molecular weight excluding hydrogens is 488 g/mol. The largest absolute Gasteiger partial charge is 0.488 e. The lowest BCUT2D eigenvalue weighted by Gasteiger charge is -2.11. The molecule has 0 aromatic heterocycles. The molecule has 0 unspecified atom stereocenters. The molecule has 0 saturated carbocycles. The Morgan fingerprint density at radius 1 is 1.03 bits per heavy atom. The van der Waals surface area contributed by atoms with E-state index in [0.29, 0.717) is 18.0 Å². The summed E-state index contributed by atoms with van der Waals surface area (Å²) in [7, 11) is 0. The van der Waals surface area contributed by atoms with Crippen LogP contribution in [0.5, 0.6) is 5.75 Å². The van der Waals surface area contributed by atoms with Crippen molar-refractivity contribution in [2.45, 2.75) is 20.0 Å². The van der Waals surface area contributed by atoms with Gasteiger partial charge in [-0.3, -0.25) is 4.79 Å². The Hall–Kier alpha value is -3.88. The second-order valence-corrected chi connectivity index (χ2v) is 8.65. The molecule has 0 aliphatic rings. The van der Waals surface area contributed by atoms with Crippen LogP contribution in [0.25, 0.3) is 16.8 Å². The molecule has 4 rings (SSSR count). The van der Waals surface area contributed by atoms with Gasteiger partial charge < -0.3 is 10.1 Å². The van der Waals surface area contributed by atoms with Gasteiger partial charge in [0.2, 0.25) is 0 Å². The fraction of sp³-hybridized carbons (Fsp3) is 0.103. The van der Waals surface area contributed by atoms with Crippen molar-refractivity contribution in [3.8, 4) is 11.8 Å². The van der Waals surface area contributed by atoms with Crippen LogP contribution >= 0.6 is 15.9 Å². The summed E-state index contributed by atoms with van der Waals surface area (Å²) < 4.78 is 6.80. The van der Waals surface area contributed by atoms with E-state index in [4.69, 9.17) is 4.74 Å².